The normalized spacial score (nSPS) is 17.8. The Labute approximate surface area is 206 Å². The molecule has 192 valence electrons. The van der Waals surface area contributed by atoms with Gasteiger partial charge in [-0.1, -0.05) is 0 Å². The van der Waals surface area contributed by atoms with Gasteiger partial charge in [-0.15, -0.1) is 5.10 Å². The highest BCUT2D eigenvalue weighted by Gasteiger charge is 2.28. The van der Waals surface area contributed by atoms with Crippen LogP contribution in [0.1, 0.15) is 51.0 Å². The van der Waals surface area contributed by atoms with Crippen molar-refractivity contribution >= 4 is 28.2 Å². The summed E-state index contributed by atoms with van der Waals surface area (Å²) in [5.74, 6) is -0.242. The Morgan fingerprint density at radius 2 is 2.06 bits per heavy atom. The monoisotopic (exact) mass is 500 g/mol. The van der Waals surface area contributed by atoms with E-state index < -0.39 is 17.8 Å². The van der Waals surface area contributed by atoms with Gasteiger partial charge in [-0.3, -0.25) is 4.68 Å². The molecule has 0 aliphatic carbocycles. The molecule has 2 atom stereocenters. The molecular formula is C24H30F2N8O2. The minimum absolute atomic E-state index is 0.0185. The molecule has 0 amide bonds. The molecule has 1 aromatic carbocycles. The van der Waals surface area contributed by atoms with E-state index in [0.717, 1.165) is 30.8 Å². The molecule has 1 saturated heterocycles. The highest BCUT2D eigenvalue weighted by molar-refractivity contribution is 5.93. The second-order valence-electron chi connectivity index (χ2n) is 10.0. The first-order valence-corrected chi connectivity index (χ1v) is 12.0. The number of rotatable bonds is 6. The van der Waals surface area contributed by atoms with E-state index in [1.165, 1.54) is 23.6 Å². The second kappa shape index (κ2) is 8.84. The summed E-state index contributed by atoms with van der Waals surface area (Å²) in [6.07, 6.45) is 2.11. The predicted octanol–water partition coefficient (Wildman–Crippen LogP) is 3.35. The summed E-state index contributed by atoms with van der Waals surface area (Å²) in [4.78, 5) is 11.3. The van der Waals surface area contributed by atoms with Crippen LogP contribution in [0.15, 0.2) is 18.3 Å². The van der Waals surface area contributed by atoms with Crippen LogP contribution in [0.25, 0.3) is 16.6 Å². The molecule has 0 saturated carbocycles. The molecular weight excluding hydrogens is 470 g/mol. The fourth-order valence-corrected chi connectivity index (χ4v) is 4.79. The van der Waals surface area contributed by atoms with Gasteiger partial charge in [0.05, 0.1) is 29.0 Å². The topological polar surface area (TPSA) is 120 Å². The smallest absolute Gasteiger partial charge is 0.235 e. The number of fused-ring (bicyclic) bond motifs is 3. The van der Waals surface area contributed by atoms with Crippen molar-refractivity contribution in [3.05, 3.63) is 35.7 Å². The number of anilines is 2. The zero-order valence-electron chi connectivity index (χ0n) is 20.7. The van der Waals surface area contributed by atoms with Gasteiger partial charge < -0.3 is 20.5 Å². The van der Waals surface area contributed by atoms with Gasteiger partial charge in [-0.05, 0) is 39.7 Å². The number of ether oxygens (including phenoxy) is 1. The molecule has 36 heavy (non-hydrogen) atoms. The molecule has 1 aliphatic heterocycles. The van der Waals surface area contributed by atoms with E-state index in [1.807, 2.05) is 13.1 Å². The van der Waals surface area contributed by atoms with Gasteiger partial charge in [-0.2, -0.15) is 9.61 Å². The number of nitrogen functional groups attached to an aromatic ring is 1. The predicted molar refractivity (Wildman–Crippen MR) is 131 cm³/mol. The molecule has 1 unspecified atom stereocenters. The third-order valence-corrected chi connectivity index (χ3v) is 6.25. The van der Waals surface area contributed by atoms with Crippen LogP contribution < -0.4 is 15.4 Å². The van der Waals surface area contributed by atoms with Crippen LogP contribution >= 0.6 is 0 Å². The summed E-state index contributed by atoms with van der Waals surface area (Å²) in [6.45, 7) is 8.57. The maximum Gasteiger partial charge on any atom is 0.235 e. The lowest BCUT2D eigenvalue weighted by Gasteiger charge is -2.32. The molecule has 3 N–H and O–H groups in total. The number of aryl methyl sites for hydroxylation is 1. The summed E-state index contributed by atoms with van der Waals surface area (Å²) >= 11 is 0. The van der Waals surface area contributed by atoms with E-state index in [9.17, 15) is 13.9 Å². The molecule has 12 heteroatoms. The Hall–Kier alpha value is -3.54. The fraction of sp³-hybridized carbons (Fsp3) is 0.500. The van der Waals surface area contributed by atoms with Gasteiger partial charge >= 0.3 is 0 Å². The van der Waals surface area contributed by atoms with E-state index in [1.54, 1.807) is 18.5 Å². The Bertz CT molecular complexity index is 1430. The number of piperidine rings is 1. The van der Waals surface area contributed by atoms with Crippen LogP contribution in [0, 0.1) is 12.7 Å². The summed E-state index contributed by atoms with van der Waals surface area (Å²) in [6, 6.07) is 2.54. The van der Waals surface area contributed by atoms with Gasteiger partial charge in [-0.25, -0.2) is 18.7 Å². The minimum atomic E-state index is -1.67. The van der Waals surface area contributed by atoms with Crippen molar-refractivity contribution in [3.63, 3.8) is 0 Å². The van der Waals surface area contributed by atoms with Crippen molar-refractivity contribution in [1.82, 2.24) is 29.4 Å². The SMILES string of the molecule is Cc1nn(CC(C)(C)O)cc1N1CCC[C@@H](c2nc3c4cc(F)c(OC(C)F)cc4nc(N)n3n2)C1. The largest absolute Gasteiger partial charge is 0.458 e. The summed E-state index contributed by atoms with van der Waals surface area (Å²) in [5.41, 5.74) is 7.91. The van der Waals surface area contributed by atoms with E-state index >= 15 is 0 Å². The number of alkyl halides is 1. The fourth-order valence-electron chi connectivity index (χ4n) is 4.79. The summed E-state index contributed by atoms with van der Waals surface area (Å²) < 4.78 is 36.0. The minimum Gasteiger partial charge on any atom is -0.458 e. The van der Waals surface area contributed by atoms with E-state index in [2.05, 4.69) is 20.1 Å². The average molecular weight is 501 g/mol. The molecule has 10 nitrogen and oxygen atoms in total. The lowest BCUT2D eigenvalue weighted by atomic mass is 9.97. The van der Waals surface area contributed by atoms with Crippen molar-refractivity contribution in [2.75, 3.05) is 23.7 Å². The molecule has 0 bridgehead atoms. The zero-order chi connectivity index (χ0) is 25.8. The number of benzene rings is 1. The maximum absolute atomic E-state index is 14.6. The van der Waals surface area contributed by atoms with Crippen molar-refractivity contribution in [1.29, 1.82) is 0 Å². The number of hydrogen-bond acceptors (Lipinski definition) is 8. The van der Waals surface area contributed by atoms with Crippen LogP contribution in [0.5, 0.6) is 5.75 Å². The maximum atomic E-state index is 14.6. The quantitative estimate of drug-likeness (QED) is 0.414. The summed E-state index contributed by atoms with van der Waals surface area (Å²) in [7, 11) is 0. The van der Waals surface area contributed by atoms with Crippen molar-refractivity contribution in [2.24, 2.45) is 0 Å². The van der Waals surface area contributed by atoms with E-state index in [-0.39, 0.29) is 17.6 Å². The van der Waals surface area contributed by atoms with Gasteiger partial charge in [0.15, 0.2) is 23.0 Å². The standard InChI is InChI=1S/C24H30F2N8O2/c1-13-19(11-33(30-13)12-24(3,4)35)32-7-5-6-15(10-32)21-29-22-16-8-17(26)20(36-14(2)25)9-18(16)28-23(27)34(22)31-21/h8-9,11,14-15,35H,5-7,10,12H2,1-4H3,(H2,27,28)/t14?,15-/m1/s1. The molecule has 1 aliphatic rings. The Morgan fingerprint density at radius 3 is 2.78 bits per heavy atom. The Kier molecular flexibility index (Phi) is 5.93. The number of halogens is 2. The van der Waals surface area contributed by atoms with E-state index in [4.69, 9.17) is 15.5 Å². The number of aliphatic hydroxyl groups is 1. The first kappa shape index (κ1) is 24.2. The highest BCUT2D eigenvalue weighted by Crippen LogP contribution is 2.33. The van der Waals surface area contributed by atoms with Crippen LogP contribution in [0.2, 0.25) is 0 Å². The lowest BCUT2D eigenvalue weighted by Crippen LogP contribution is -2.35. The third kappa shape index (κ3) is 4.64. The molecule has 5 rings (SSSR count). The first-order valence-electron chi connectivity index (χ1n) is 12.0. The van der Waals surface area contributed by atoms with Crippen molar-refractivity contribution in [3.8, 4) is 5.75 Å². The second-order valence-corrected chi connectivity index (χ2v) is 10.0. The molecule has 0 radical (unpaired) electrons. The molecule has 0 spiro atoms. The highest BCUT2D eigenvalue weighted by atomic mass is 19.1. The molecule has 4 heterocycles. The number of nitrogens with zero attached hydrogens (tertiary/aromatic N) is 7. The molecule has 1 fully saturated rings. The zero-order valence-corrected chi connectivity index (χ0v) is 20.7. The number of hydrogen-bond donors (Lipinski definition) is 2. The van der Waals surface area contributed by atoms with Crippen LogP contribution in [0.3, 0.4) is 0 Å². The first-order chi connectivity index (χ1) is 17.0. The van der Waals surface area contributed by atoms with Gasteiger partial charge in [0.2, 0.25) is 12.3 Å². The van der Waals surface area contributed by atoms with Gasteiger partial charge in [0.1, 0.15) is 0 Å². The third-order valence-electron chi connectivity index (χ3n) is 6.25. The molecule has 3 aromatic heterocycles. The van der Waals surface area contributed by atoms with Crippen LogP contribution in [0.4, 0.5) is 20.4 Å². The average Bonchev–Trinajstić information content (AvgIpc) is 3.38. The lowest BCUT2D eigenvalue weighted by molar-refractivity contribution is 0.0577. The Balaban J connectivity index is 1.47. The van der Waals surface area contributed by atoms with Crippen molar-refractivity contribution < 1.29 is 18.6 Å². The van der Waals surface area contributed by atoms with Gasteiger partial charge in [0.25, 0.3) is 0 Å². The van der Waals surface area contributed by atoms with Crippen LogP contribution in [-0.4, -0.2) is 59.5 Å². The number of nitrogens with two attached hydrogens (primary N) is 1. The van der Waals surface area contributed by atoms with Gasteiger partial charge in [0, 0.05) is 43.6 Å². The van der Waals surface area contributed by atoms with Crippen LogP contribution in [-0.2, 0) is 6.54 Å². The summed E-state index contributed by atoms with van der Waals surface area (Å²) in [5, 5.41) is 19.7. The van der Waals surface area contributed by atoms with E-state index in [0.29, 0.717) is 35.5 Å². The Morgan fingerprint density at radius 1 is 1.28 bits per heavy atom. The number of aromatic nitrogens is 6. The van der Waals surface area contributed by atoms with Crippen molar-refractivity contribution in [2.45, 2.75) is 65.0 Å². The molecule has 4 aromatic rings.